The summed E-state index contributed by atoms with van der Waals surface area (Å²) in [5, 5.41) is 0.556. The molecule has 0 amide bonds. The molecule has 2 nitrogen and oxygen atoms in total. The average molecular weight is 216 g/mol. The van der Waals surface area contributed by atoms with Crippen LogP contribution in [0.2, 0.25) is 0 Å². The normalized spacial score (nSPS) is 15.6. The van der Waals surface area contributed by atoms with Crippen LogP contribution in [0.5, 0.6) is 0 Å². The third-order valence-electron chi connectivity index (χ3n) is 1.99. The molecule has 76 valence electrons. The van der Waals surface area contributed by atoms with Crippen molar-refractivity contribution in [2.24, 2.45) is 0 Å². The number of nitrogens with one attached hydrogen (secondary N) is 1. The predicted octanol–water partition coefficient (Wildman–Crippen LogP) is 2.77. The van der Waals surface area contributed by atoms with E-state index in [1.54, 1.807) is 0 Å². The summed E-state index contributed by atoms with van der Waals surface area (Å²) >= 11 is 1.46. The number of rotatable bonds is 3. The fraction of sp³-hybridized carbons (Fsp3) is 0.333. The van der Waals surface area contributed by atoms with Gasteiger partial charge in [-0.25, -0.2) is 8.78 Å². The summed E-state index contributed by atoms with van der Waals surface area (Å²) < 4.78 is 28.9. The molecule has 14 heavy (non-hydrogen) atoms. The lowest BCUT2D eigenvalue weighted by Crippen LogP contribution is -2.00. The lowest BCUT2D eigenvalue weighted by molar-refractivity contribution is 0.595. The highest BCUT2D eigenvalue weighted by atomic mass is 32.2. The molecule has 0 bridgehead atoms. The first-order valence-electron chi connectivity index (χ1n) is 4.33. The Morgan fingerprint density at radius 2 is 2.07 bits per heavy atom. The molecule has 1 aromatic rings. The van der Waals surface area contributed by atoms with E-state index < -0.39 is 17.3 Å². The lowest BCUT2D eigenvalue weighted by Gasteiger charge is -2.07. The summed E-state index contributed by atoms with van der Waals surface area (Å²) in [6.45, 7) is 0. The van der Waals surface area contributed by atoms with E-state index in [9.17, 15) is 8.78 Å². The van der Waals surface area contributed by atoms with Crippen molar-refractivity contribution in [3.05, 3.63) is 23.8 Å². The van der Waals surface area contributed by atoms with Crippen LogP contribution in [-0.4, -0.2) is 5.25 Å². The molecule has 2 rings (SSSR count). The van der Waals surface area contributed by atoms with Gasteiger partial charge in [0.25, 0.3) is 0 Å². The van der Waals surface area contributed by atoms with Gasteiger partial charge in [-0.1, -0.05) is 0 Å². The van der Waals surface area contributed by atoms with Gasteiger partial charge in [-0.3, -0.25) is 0 Å². The minimum absolute atomic E-state index is 0.251. The van der Waals surface area contributed by atoms with Crippen molar-refractivity contribution in [3.63, 3.8) is 0 Å². The van der Waals surface area contributed by atoms with Gasteiger partial charge in [-0.15, -0.1) is 0 Å². The maximum Gasteiger partial charge on any atom is 0.172 e. The Balaban J connectivity index is 2.11. The highest BCUT2D eigenvalue weighted by Crippen LogP contribution is 2.35. The van der Waals surface area contributed by atoms with Gasteiger partial charge in [0.1, 0.15) is 11.5 Å². The molecular formula is C9H10F2N2S. The van der Waals surface area contributed by atoms with Crippen molar-refractivity contribution >= 4 is 23.3 Å². The Kier molecular flexibility index (Phi) is 2.50. The summed E-state index contributed by atoms with van der Waals surface area (Å²) in [4.78, 5) is 0. The first-order valence-corrected chi connectivity index (χ1v) is 5.21. The minimum atomic E-state index is -0.718. The van der Waals surface area contributed by atoms with Crippen molar-refractivity contribution in [3.8, 4) is 0 Å². The fourth-order valence-corrected chi connectivity index (χ4v) is 1.80. The van der Waals surface area contributed by atoms with Crippen molar-refractivity contribution in [2.45, 2.75) is 18.1 Å². The molecule has 1 saturated carbocycles. The van der Waals surface area contributed by atoms with Crippen LogP contribution in [0.15, 0.2) is 12.1 Å². The van der Waals surface area contributed by atoms with Crippen LogP contribution in [0.25, 0.3) is 0 Å². The van der Waals surface area contributed by atoms with Crippen molar-refractivity contribution in [2.75, 3.05) is 10.5 Å². The van der Waals surface area contributed by atoms with E-state index in [1.165, 1.54) is 18.0 Å². The summed E-state index contributed by atoms with van der Waals surface area (Å²) in [6.07, 6.45) is 2.30. The summed E-state index contributed by atoms with van der Waals surface area (Å²) in [5.41, 5.74) is 5.03. The Hall–Kier alpha value is -0.970. The molecule has 1 aliphatic rings. The van der Waals surface area contributed by atoms with Crippen LogP contribution >= 0.6 is 11.9 Å². The van der Waals surface area contributed by atoms with Gasteiger partial charge in [-0.2, -0.15) is 0 Å². The number of hydrogen-bond donors (Lipinski definition) is 2. The zero-order chi connectivity index (χ0) is 10.1. The molecule has 1 aliphatic carbocycles. The second-order valence-corrected chi connectivity index (χ2v) is 4.35. The molecule has 3 N–H and O–H groups in total. The molecule has 0 saturated heterocycles. The van der Waals surface area contributed by atoms with E-state index in [0.29, 0.717) is 5.25 Å². The number of nitrogens with two attached hydrogens (primary N) is 1. The molecule has 1 aromatic carbocycles. The first-order chi connectivity index (χ1) is 6.68. The van der Waals surface area contributed by atoms with Gasteiger partial charge in [0.15, 0.2) is 5.82 Å². The van der Waals surface area contributed by atoms with E-state index in [0.717, 1.165) is 18.9 Å². The van der Waals surface area contributed by atoms with Crippen LogP contribution in [0.3, 0.4) is 0 Å². The van der Waals surface area contributed by atoms with Gasteiger partial charge in [0, 0.05) is 5.25 Å². The number of halogens is 2. The number of anilines is 2. The zero-order valence-corrected chi connectivity index (χ0v) is 8.20. The Labute approximate surface area is 85.0 Å². The summed E-state index contributed by atoms with van der Waals surface area (Å²) in [7, 11) is 0. The molecule has 0 aromatic heterocycles. The summed E-state index contributed by atoms with van der Waals surface area (Å²) in [6, 6.07) is 2.52. The number of nitrogen functional groups attached to an aromatic ring is 1. The van der Waals surface area contributed by atoms with Gasteiger partial charge in [-0.05, 0) is 36.9 Å². The molecule has 0 atom stereocenters. The molecular weight excluding hydrogens is 206 g/mol. The minimum Gasteiger partial charge on any atom is -0.394 e. The van der Waals surface area contributed by atoms with E-state index in [2.05, 4.69) is 4.72 Å². The molecule has 0 spiro atoms. The highest BCUT2D eigenvalue weighted by Gasteiger charge is 2.22. The Morgan fingerprint density at radius 1 is 1.36 bits per heavy atom. The van der Waals surface area contributed by atoms with E-state index >= 15 is 0 Å². The van der Waals surface area contributed by atoms with E-state index in [1.807, 2.05) is 0 Å². The number of hydrogen-bond acceptors (Lipinski definition) is 3. The average Bonchev–Trinajstić information content (AvgIpc) is 2.97. The van der Waals surface area contributed by atoms with Crippen LogP contribution in [0.1, 0.15) is 12.8 Å². The molecule has 5 heteroatoms. The van der Waals surface area contributed by atoms with Gasteiger partial charge >= 0.3 is 0 Å². The maximum absolute atomic E-state index is 13.3. The van der Waals surface area contributed by atoms with Crippen molar-refractivity contribution < 1.29 is 8.78 Å². The third kappa shape index (κ3) is 1.92. The van der Waals surface area contributed by atoms with Gasteiger partial charge < -0.3 is 10.5 Å². The second kappa shape index (κ2) is 3.65. The SMILES string of the molecule is Nc1c(F)ccc(NSC2CC2)c1F. The summed E-state index contributed by atoms with van der Waals surface area (Å²) in [5.74, 6) is -1.43. The topological polar surface area (TPSA) is 38.0 Å². The second-order valence-electron chi connectivity index (χ2n) is 3.24. The molecule has 0 unspecified atom stereocenters. The van der Waals surface area contributed by atoms with Crippen molar-refractivity contribution in [1.29, 1.82) is 0 Å². The highest BCUT2D eigenvalue weighted by molar-refractivity contribution is 8.01. The Bertz CT molecular complexity index is 353. The largest absolute Gasteiger partial charge is 0.394 e. The lowest BCUT2D eigenvalue weighted by atomic mass is 10.2. The van der Waals surface area contributed by atoms with Crippen LogP contribution in [0.4, 0.5) is 20.2 Å². The van der Waals surface area contributed by atoms with Gasteiger partial charge in [0.05, 0.1) is 5.69 Å². The Morgan fingerprint density at radius 3 is 2.71 bits per heavy atom. The van der Waals surface area contributed by atoms with Crippen molar-refractivity contribution in [1.82, 2.24) is 0 Å². The third-order valence-corrected chi connectivity index (χ3v) is 3.13. The van der Waals surface area contributed by atoms with Crippen LogP contribution in [-0.2, 0) is 0 Å². The van der Waals surface area contributed by atoms with Gasteiger partial charge in [0.2, 0.25) is 0 Å². The zero-order valence-electron chi connectivity index (χ0n) is 7.39. The molecule has 0 heterocycles. The van der Waals surface area contributed by atoms with E-state index in [4.69, 9.17) is 5.73 Å². The monoisotopic (exact) mass is 216 g/mol. The number of benzene rings is 1. The molecule has 0 aliphatic heterocycles. The molecule has 0 radical (unpaired) electrons. The standard InChI is InChI=1S/C9H10F2N2S/c10-6-3-4-7(8(11)9(6)12)13-14-5-1-2-5/h3-5,13H,1-2,12H2. The first kappa shape index (κ1) is 9.58. The van der Waals surface area contributed by atoms with Crippen LogP contribution < -0.4 is 10.5 Å². The quantitative estimate of drug-likeness (QED) is 0.602. The predicted molar refractivity (Wildman–Crippen MR) is 55.0 cm³/mol. The molecule has 1 fully saturated rings. The van der Waals surface area contributed by atoms with E-state index in [-0.39, 0.29) is 5.69 Å². The fourth-order valence-electron chi connectivity index (χ4n) is 0.981. The maximum atomic E-state index is 13.3. The van der Waals surface area contributed by atoms with Crippen LogP contribution in [0, 0.1) is 11.6 Å². The smallest absolute Gasteiger partial charge is 0.172 e.